The minimum absolute atomic E-state index is 0.0532. The van der Waals surface area contributed by atoms with E-state index in [2.05, 4.69) is 5.32 Å². The first-order valence-electron chi connectivity index (χ1n) is 13.1. The third-order valence-corrected chi connectivity index (χ3v) is 8.39. The molecule has 2 amide bonds. The zero-order valence-electron chi connectivity index (χ0n) is 22.9. The number of nitrogens with zero attached hydrogens (tertiary/aromatic N) is 2. The van der Waals surface area contributed by atoms with Crippen molar-refractivity contribution in [2.45, 2.75) is 66.1 Å². The number of amides is 2. The third kappa shape index (κ3) is 7.18. The third-order valence-electron chi connectivity index (χ3n) is 6.65. The van der Waals surface area contributed by atoms with Crippen LogP contribution in [0.4, 0.5) is 5.69 Å². The largest absolute Gasteiger partial charge is 0.486 e. The van der Waals surface area contributed by atoms with E-state index in [1.807, 2.05) is 52.0 Å². The second-order valence-corrected chi connectivity index (χ2v) is 11.7. The van der Waals surface area contributed by atoms with Crippen LogP contribution in [-0.2, 0) is 26.2 Å². The maximum atomic E-state index is 13.9. The molecule has 0 unspecified atom stereocenters. The van der Waals surface area contributed by atoms with Gasteiger partial charge in [0.2, 0.25) is 21.8 Å². The number of carbonyl (C=O) groups is 2. The SMILES string of the molecule is CC[C@@H](C)NC(=O)[C@@H](CC)N(Cc1ccc(C)cc1)C(=O)CN(c1ccc2c(c1)OCCO2)S(=O)(=O)CC. The lowest BCUT2D eigenvalue weighted by molar-refractivity contribution is -0.140. The van der Waals surface area contributed by atoms with E-state index in [-0.39, 0.29) is 24.2 Å². The molecular formula is C28H39N3O6S. The van der Waals surface area contributed by atoms with Crippen molar-refractivity contribution in [3.05, 3.63) is 53.6 Å². The molecule has 0 spiro atoms. The van der Waals surface area contributed by atoms with Gasteiger partial charge in [-0.15, -0.1) is 0 Å². The highest BCUT2D eigenvalue weighted by Gasteiger charge is 2.33. The van der Waals surface area contributed by atoms with Gasteiger partial charge < -0.3 is 19.7 Å². The number of aryl methyl sites for hydroxylation is 1. The molecular weight excluding hydrogens is 506 g/mol. The van der Waals surface area contributed by atoms with Crippen molar-refractivity contribution in [1.29, 1.82) is 0 Å². The van der Waals surface area contributed by atoms with Crippen molar-refractivity contribution < 1.29 is 27.5 Å². The Balaban J connectivity index is 1.97. The van der Waals surface area contributed by atoms with Crippen LogP contribution in [-0.4, -0.2) is 62.7 Å². The van der Waals surface area contributed by atoms with E-state index >= 15 is 0 Å². The van der Waals surface area contributed by atoms with Crippen LogP contribution in [0.1, 0.15) is 51.7 Å². The molecule has 0 radical (unpaired) electrons. The maximum Gasteiger partial charge on any atom is 0.244 e. The van der Waals surface area contributed by atoms with E-state index in [4.69, 9.17) is 9.47 Å². The summed E-state index contributed by atoms with van der Waals surface area (Å²) in [4.78, 5) is 28.6. The van der Waals surface area contributed by atoms with Gasteiger partial charge in [0.25, 0.3) is 0 Å². The number of nitrogens with one attached hydrogen (secondary N) is 1. The van der Waals surface area contributed by atoms with Gasteiger partial charge in [-0.1, -0.05) is 43.7 Å². The smallest absolute Gasteiger partial charge is 0.244 e. The second-order valence-electron chi connectivity index (χ2n) is 9.48. The molecule has 0 aromatic heterocycles. The Kier molecular flexibility index (Phi) is 10.0. The first-order valence-corrected chi connectivity index (χ1v) is 14.8. The van der Waals surface area contributed by atoms with Crippen molar-refractivity contribution in [1.82, 2.24) is 10.2 Å². The Morgan fingerprint density at radius 3 is 2.24 bits per heavy atom. The molecule has 0 saturated carbocycles. The summed E-state index contributed by atoms with van der Waals surface area (Å²) in [6.07, 6.45) is 1.13. The Labute approximate surface area is 226 Å². The molecule has 2 atom stereocenters. The Morgan fingerprint density at radius 2 is 1.63 bits per heavy atom. The molecule has 0 bridgehead atoms. The predicted octanol–water partition coefficient (Wildman–Crippen LogP) is 3.64. The van der Waals surface area contributed by atoms with Gasteiger partial charge in [0.05, 0.1) is 11.4 Å². The van der Waals surface area contributed by atoms with E-state index in [1.54, 1.807) is 18.2 Å². The van der Waals surface area contributed by atoms with Crippen LogP contribution in [0.2, 0.25) is 0 Å². The summed E-state index contributed by atoms with van der Waals surface area (Å²) in [6.45, 7) is 9.72. The Morgan fingerprint density at radius 1 is 0.974 bits per heavy atom. The summed E-state index contributed by atoms with van der Waals surface area (Å²) in [6, 6.07) is 11.7. The van der Waals surface area contributed by atoms with Crippen LogP contribution < -0.4 is 19.1 Å². The molecule has 208 valence electrons. The monoisotopic (exact) mass is 545 g/mol. The van der Waals surface area contributed by atoms with Crippen LogP contribution in [0.25, 0.3) is 0 Å². The van der Waals surface area contributed by atoms with Crippen LogP contribution in [0.3, 0.4) is 0 Å². The van der Waals surface area contributed by atoms with Crippen LogP contribution in [0.5, 0.6) is 11.5 Å². The summed E-state index contributed by atoms with van der Waals surface area (Å²) in [5, 5.41) is 2.98. The van der Waals surface area contributed by atoms with Gasteiger partial charge in [0.15, 0.2) is 11.5 Å². The predicted molar refractivity (Wildman–Crippen MR) is 148 cm³/mol. The normalized spacial score (nSPS) is 14.3. The number of hydrogen-bond donors (Lipinski definition) is 1. The topological polar surface area (TPSA) is 105 Å². The fourth-order valence-corrected chi connectivity index (χ4v) is 5.21. The lowest BCUT2D eigenvalue weighted by Gasteiger charge is -2.34. The minimum atomic E-state index is -3.83. The molecule has 2 aromatic carbocycles. The highest BCUT2D eigenvalue weighted by atomic mass is 32.2. The summed E-state index contributed by atoms with van der Waals surface area (Å²) >= 11 is 0. The summed E-state index contributed by atoms with van der Waals surface area (Å²) in [7, 11) is -3.83. The Bertz CT molecular complexity index is 1220. The maximum absolute atomic E-state index is 13.9. The van der Waals surface area contributed by atoms with E-state index < -0.39 is 28.5 Å². The molecule has 0 fully saturated rings. The number of fused-ring (bicyclic) bond motifs is 1. The van der Waals surface area contributed by atoms with Gasteiger partial charge in [-0.25, -0.2) is 8.42 Å². The number of sulfonamides is 1. The van der Waals surface area contributed by atoms with Crippen molar-refractivity contribution >= 4 is 27.5 Å². The van der Waals surface area contributed by atoms with E-state index in [0.29, 0.717) is 36.8 Å². The summed E-state index contributed by atoms with van der Waals surface area (Å²) in [5.74, 6) is 0.0239. The molecule has 9 nitrogen and oxygen atoms in total. The Hall–Kier alpha value is -3.27. The average Bonchev–Trinajstić information content (AvgIpc) is 2.92. The molecule has 10 heteroatoms. The molecule has 1 aliphatic rings. The highest BCUT2D eigenvalue weighted by Crippen LogP contribution is 2.35. The van der Waals surface area contributed by atoms with Gasteiger partial charge in [-0.2, -0.15) is 0 Å². The van der Waals surface area contributed by atoms with Crippen molar-refractivity contribution in [2.24, 2.45) is 0 Å². The van der Waals surface area contributed by atoms with Gasteiger partial charge in [0, 0.05) is 18.7 Å². The molecule has 1 aliphatic heterocycles. The highest BCUT2D eigenvalue weighted by molar-refractivity contribution is 7.92. The van der Waals surface area contributed by atoms with Gasteiger partial charge >= 0.3 is 0 Å². The quantitative estimate of drug-likeness (QED) is 0.437. The molecule has 3 rings (SSSR count). The lowest BCUT2D eigenvalue weighted by atomic mass is 10.1. The fraction of sp³-hybridized carbons (Fsp3) is 0.500. The van der Waals surface area contributed by atoms with Crippen molar-refractivity contribution in [2.75, 3.05) is 29.8 Å². The lowest BCUT2D eigenvalue weighted by Crippen LogP contribution is -2.53. The zero-order valence-corrected chi connectivity index (χ0v) is 23.7. The number of rotatable bonds is 12. The van der Waals surface area contributed by atoms with E-state index in [9.17, 15) is 18.0 Å². The number of ether oxygens (including phenoxy) is 2. The molecule has 1 N–H and O–H groups in total. The summed E-state index contributed by atoms with van der Waals surface area (Å²) in [5.41, 5.74) is 2.23. The number of anilines is 1. The average molecular weight is 546 g/mol. The first-order chi connectivity index (χ1) is 18.1. The summed E-state index contributed by atoms with van der Waals surface area (Å²) < 4.78 is 38.7. The zero-order chi connectivity index (χ0) is 27.9. The van der Waals surface area contributed by atoms with Crippen LogP contribution in [0.15, 0.2) is 42.5 Å². The van der Waals surface area contributed by atoms with Crippen LogP contribution in [0, 0.1) is 6.92 Å². The van der Waals surface area contributed by atoms with Crippen molar-refractivity contribution in [3.63, 3.8) is 0 Å². The molecule has 0 aliphatic carbocycles. The second kappa shape index (κ2) is 13.0. The van der Waals surface area contributed by atoms with Crippen molar-refractivity contribution in [3.8, 4) is 11.5 Å². The van der Waals surface area contributed by atoms with Gasteiger partial charge in [-0.3, -0.25) is 13.9 Å². The number of benzene rings is 2. The van der Waals surface area contributed by atoms with E-state index in [1.165, 1.54) is 11.8 Å². The minimum Gasteiger partial charge on any atom is -0.486 e. The fourth-order valence-electron chi connectivity index (χ4n) is 4.16. The standard InChI is InChI=1S/C28H39N3O6S/c1-6-21(5)29-28(33)24(7-2)30(18-22-11-9-20(4)10-12-22)27(32)19-31(38(34,35)8-3)23-13-14-25-26(17-23)37-16-15-36-25/h9-14,17,21,24H,6-8,15-16,18-19H2,1-5H3,(H,29,33)/t21-,24-/m1/s1. The van der Waals surface area contributed by atoms with Crippen LogP contribution >= 0.6 is 0 Å². The van der Waals surface area contributed by atoms with E-state index in [0.717, 1.165) is 21.9 Å². The molecule has 2 aromatic rings. The molecule has 0 saturated heterocycles. The van der Waals surface area contributed by atoms with Gasteiger partial charge in [-0.05, 0) is 51.3 Å². The number of carbonyl (C=O) groups excluding carboxylic acids is 2. The molecule has 38 heavy (non-hydrogen) atoms. The molecule has 1 heterocycles. The first kappa shape index (κ1) is 29.3. The number of hydrogen-bond acceptors (Lipinski definition) is 6. The van der Waals surface area contributed by atoms with Gasteiger partial charge in [0.1, 0.15) is 25.8 Å².